The third-order valence-corrected chi connectivity index (χ3v) is 3.32. The summed E-state index contributed by atoms with van der Waals surface area (Å²) in [4.78, 5) is 8.61. The van der Waals surface area contributed by atoms with Crippen molar-refractivity contribution in [2.75, 3.05) is 6.54 Å². The maximum Gasteiger partial charge on any atom is 0.187 e. The summed E-state index contributed by atoms with van der Waals surface area (Å²) in [5.74, 6) is 0. The fraction of sp³-hybridized carbons (Fsp3) is 0.667. The smallest absolute Gasteiger partial charge is 0.187 e. The van der Waals surface area contributed by atoms with Crippen LogP contribution in [0.25, 0.3) is 0 Å². The molecule has 2 unspecified atom stereocenters. The predicted octanol–water partition coefficient (Wildman–Crippen LogP) is 2.65. The molecule has 0 radical (unpaired) electrons. The lowest BCUT2D eigenvalue weighted by Gasteiger charge is -2.16. The fourth-order valence-electron chi connectivity index (χ4n) is 1.60. The maximum atomic E-state index is 4.30. The molecule has 2 atom stereocenters. The summed E-state index contributed by atoms with van der Waals surface area (Å²) < 4.78 is 0. The largest absolute Gasteiger partial charge is 0.314 e. The minimum Gasteiger partial charge on any atom is -0.314 e. The average molecular weight is 239 g/mol. The van der Waals surface area contributed by atoms with Crippen LogP contribution in [0.5, 0.6) is 0 Å². The third-order valence-electron chi connectivity index (χ3n) is 2.30. The van der Waals surface area contributed by atoms with Crippen LogP contribution in [-0.4, -0.2) is 27.8 Å². The minimum atomic E-state index is 0.539. The van der Waals surface area contributed by atoms with Gasteiger partial charge in [-0.25, -0.2) is 9.97 Å². The number of hydrogen-bond acceptors (Lipinski definition) is 4. The first-order chi connectivity index (χ1) is 7.61. The van der Waals surface area contributed by atoms with Crippen LogP contribution in [0, 0.1) is 6.92 Å². The molecule has 90 valence electrons. The van der Waals surface area contributed by atoms with Crippen molar-refractivity contribution in [1.82, 2.24) is 15.3 Å². The zero-order valence-corrected chi connectivity index (χ0v) is 11.3. The van der Waals surface area contributed by atoms with Gasteiger partial charge in [0.25, 0.3) is 0 Å². The van der Waals surface area contributed by atoms with Gasteiger partial charge in [0.15, 0.2) is 5.16 Å². The van der Waals surface area contributed by atoms with Gasteiger partial charge in [-0.15, -0.1) is 0 Å². The Morgan fingerprint density at radius 1 is 1.31 bits per heavy atom. The summed E-state index contributed by atoms with van der Waals surface area (Å²) in [6.45, 7) is 9.61. The minimum absolute atomic E-state index is 0.539. The number of nitrogens with zero attached hydrogens (tertiary/aromatic N) is 2. The highest BCUT2D eigenvalue weighted by Gasteiger charge is 2.10. The molecule has 4 heteroatoms. The molecule has 1 rings (SSSR count). The molecule has 1 aromatic rings. The molecule has 0 saturated heterocycles. The topological polar surface area (TPSA) is 37.8 Å². The van der Waals surface area contributed by atoms with Gasteiger partial charge in [-0.3, -0.25) is 0 Å². The van der Waals surface area contributed by atoms with Gasteiger partial charge < -0.3 is 5.32 Å². The molecule has 0 amide bonds. The average Bonchev–Trinajstić information content (AvgIpc) is 2.21. The van der Waals surface area contributed by atoms with Crippen LogP contribution in [0.15, 0.2) is 17.6 Å². The van der Waals surface area contributed by atoms with Crippen molar-refractivity contribution in [3.8, 4) is 0 Å². The monoisotopic (exact) mass is 239 g/mol. The van der Waals surface area contributed by atoms with Crippen LogP contribution in [0.3, 0.4) is 0 Å². The van der Waals surface area contributed by atoms with Crippen LogP contribution in [0.2, 0.25) is 0 Å². The Morgan fingerprint density at radius 2 is 1.94 bits per heavy atom. The molecule has 16 heavy (non-hydrogen) atoms. The SMILES string of the molecule is CCNC(C)CC(C)Sc1ncc(C)cn1. The van der Waals surface area contributed by atoms with Crippen molar-refractivity contribution in [3.63, 3.8) is 0 Å². The van der Waals surface area contributed by atoms with E-state index < -0.39 is 0 Å². The van der Waals surface area contributed by atoms with E-state index in [0.717, 1.165) is 23.7 Å². The van der Waals surface area contributed by atoms with Gasteiger partial charge in [0.2, 0.25) is 0 Å². The predicted molar refractivity (Wildman–Crippen MR) is 69.8 cm³/mol. The van der Waals surface area contributed by atoms with E-state index in [9.17, 15) is 0 Å². The standard InChI is InChI=1S/C12H21N3S/c1-5-13-10(3)6-11(4)16-12-14-7-9(2)8-15-12/h7-8,10-11,13H,5-6H2,1-4H3. The normalized spacial score (nSPS) is 14.8. The van der Waals surface area contributed by atoms with E-state index in [1.165, 1.54) is 0 Å². The summed E-state index contributed by atoms with van der Waals surface area (Å²) >= 11 is 1.74. The molecule has 0 aromatic carbocycles. The Bertz CT molecular complexity index is 300. The molecule has 0 aliphatic carbocycles. The van der Waals surface area contributed by atoms with Gasteiger partial charge in [-0.1, -0.05) is 25.6 Å². The molecule has 0 spiro atoms. The molecule has 0 fully saturated rings. The molecular weight excluding hydrogens is 218 g/mol. The maximum absolute atomic E-state index is 4.30. The van der Waals surface area contributed by atoms with Crippen LogP contribution in [0.1, 0.15) is 32.8 Å². The second-order valence-corrected chi connectivity index (χ2v) is 5.57. The van der Waals surface area contributed by atoms with Gasteiger partial charge in [-0.05, 0) is 32.4 Å². The quantitative estimate of drug-likeness (QED) is 0.612. The van der Waals surface area contributed by atoms with Gasteiger partial charge in [0, 0.05) is 23.7 Å². The van der Waals surface area contributed by atoms with Gasteiger partial charge in [0.1, 0.15) is 0 Å². The lowest BCUT2D eigenvalue weighted by molar-refractivity contribution is 0.529. The molecular formula is C12H21N3S. The van der Waals surface area contributed by atoms with E-state index in [2.05, 4.69) is 36.1 Å². The Labute approximate surface area is 102 Å². The van der Waals surface area contributed by atoms with E-state index in [0.29, 0.717) is 11.3 Å². The summed E-state index contributed by atoms with van der Waals surface area (Å²) in [6, 6.07) is 0.554. The Balaban J connectivity index is 2.39. The molecule has 1 aromatic heterocycles. The van der Waals surface area contributed by atoms with Crippen LogP contribution >= 0.6 is 11.8 Å². The first kappa shape index (κ1) is 13.5. The zero-order chi connectivity index (χ0) is 12.0. The summed E-state index contributed by atoms with van der Waals surface area (Å²) in [5, 5.41) is 4.83. The van der Waals surface area contributed by atoms with E-state index in [1.54, 1.807) is 11.8 Å². The van der Waals surface area contributed by atoms with Crippen molar-refractivity contribution in [2.24, 2.45) is 0 Å². The number of nitrogens with one attached hydrogen (secondary N) is 1. The highest BCUT2D eigenvalue weighted by molar-refractivity contribution is 7.99. The molecule has 0 saturated carbocycles. The number of thioether (sulfide) groups is 1. The Morgan fingerprint density at radius 3 is 2.50 bits per heavy atom. The number of hydrogen-bond donors (Lipinski definition) is 1. The van der Waals surface area contributed by atoms with Crippen LogP contribution in [-0.2, 0) is 0 Å². The van der Waals surface area contributed by atoms with Crippen LogP contribution < -0.4 is 5.32 Å². The lowest BCUT2D eigenvalue weighted by Crippen LogP contribution is -2.28. The fourth-order valence-corrected chi connectivity index (χ4v) is 2.57. The summed E-state index contributed by atoms with van der Waals surface area (Å²) in [7, 11) is 0. The molecule has 0 aliphatic rings. The van der Waals surface area contributed by atoms with Crippen molar-refractivity contribution in [2.45, 2.75) is 50.6 Å². The van der Waals surface area contributed by atoms with Crippen molar-refractivity contribution in [3.05, 3.63) is 18.0 Å². The number of rotatable bonds is 6. The Kier molecular flexibility index (Phi) is 5.77. The van der Waals surface area contributed by atoms with E-state index in [1.807, 2.05) is 19.3 Å². The van der Waals surface area contributed by atoms with E-state index in [4.69, 9.17) is 0 Å². The van der Waals surface area contributed by atoms with Crippen molar-refractivity contribution < 1.29 is 0 Å². The van der Waals surface area contributed by atoms with Gasteiger partial charge in [0.05, 0.1) is 0 Å². The molecule has 0 bridgehead atoms. The van der Waals surface area contributed by atoms with E-state index in [-0.39, 0.29) is 0 Å². The third kappa shape index (κ3) is 4.94. The van der Waals surface area contributed by atoms with Crippen molar-refractivity contribution >= 4 is 11.8 Å². The van der Waals surface area contributed by atoms with Crippen molar-refractivity contribution in [1.29, 1.82) is 0 Å². The second-order valence-electron chi connectivity index (χ2n) is 4.17. The number of aryl methyl sites for hydroxylation is 1. The molecule has 0 aliphatic heterocycles. The molecule has 1 heterocycles. The van der Waals surface area contributed by atoms with Gasteiger partial charge in [-0.2, -0.15) is 0 Å². The lowest BCUT2D eigenvalue weighted by atomic mass is 10.2. The Hall–Kier alpha value is -0.610. The van der Waals surface area contributed by atoms with Gasteiger partial charge >= 0.3 is 0 Å². The summed E-state index contributed by atoms with van der Waals surface area (Å²) in [5.41, 5.74) is 1.11. The highest BCUT2D eigenvalue weighted by Crippen LogP contribution is 2.22. The second kappa shape index (κ2) is 6.86. The zero-order valence-electron chi connectivity index (χ0n) is 10.5. The summed E-state index contributed by atoms with van der Waals surface area (Å²) in [6.07, 6.45) is 4.88. The molecule has 3 nitrogen and oxygen atoms in total. The first-order valence-corrected chi connectivity index (χ1v) is 6.68. The van der Waals surface area contributed by atoms with E-state index >= 15 is 0 Å². The molecule has 1 N–H and O–H groups in total. The number of aromatic nitrogens is 2. The van der Waals surface area contributed by atoms with Crippen LogP contribution in [0.4, 0.5) is 0 Å². The first-order valence-electron chi connectivity index (χ1n) is 5.80. The highest BCUT2D eigenvalue weighted by atomic mass is 32.2.